The van der Waals surface area contributed by atoms with Gasteiger partial charge >= 0.3 is 6.09 Å². The highest BCUT2D eigenvalue weighted by molar-refractivity contribution is 5.67. The van der Waals surface area contributed by atoms with Crippen LogP contribution in [0.3, 0.4) is 0 Å². The highest BCUT2D eigenvalue weighted by atomic mass is 16.6. The summed E-state index contributed by atoms with van der Waals surface area (Å²) in [5, 5.41) is 24.9. The number of imidazole rings is 1. The molecule has 2 aromatic rings. The predicted molar refractivity (Wildman–Crippen MR) is 102 cm³/mol. The minimum Gasteiger partial charge on any atom is -0.444 e. The first-order valence-electron chi connectivity index (χ1n) is 9.64. The third-order valence-electron chi connectivity index (χ3n) is 5.04. The van der Waals surface area contributed by atoms with E-state index in [-0.39, 0.29) is 31.2 Å². The fourth-order valence-corrected chi connectivity index (χ4v) is 3.57. The van der Waals surface area contributed by atoms with E-state index < -0.39 is 11.7 Å². The number of nitrogens with one attached hydrogen (secondary N) is 1. The summed E-state index contributed by atoms with van der Waals surface area (Å²) in [4.78, 5) is 16.8. The van der Waals surface area contributed by atoms with Gasteiger partial charge in [-0.05, 0) is 38.1 Å². The predicted octanol–water partition coefficient (Wildman–Crippen LogP) is 1.84. The first-order chi connectivity index (χ1) is 13.2. The summed E-state index contributed by atoms with van der Waals surface area (Å²) in [6.45, 7) is 11.7. The molecule has 0 aliphatic carbocycles. The first kappa shape index (κ1) is 20.2. The van der Waals surface area contributed by atoms with Crippen LogP contribution < -0.4 is 5.32 Å². The van der Waals surface area contributed by atoms with Crippen LogP contribution in [0.5, 0.6) is 0 Å². The van der Waals surface area contributed by atoms with Crippen LogP contribution in [-0.4, -0.2) is 59.7 Å². The molecule has 0 saturated heterocycles. The molecule has 0 radical (unpaired) electrons. The van der Waals surface area contributed by atoms with E-state index in [1.54, 1.807) is 4.68 Å². The zero-order valence-corrected chi connectivity index (χ0v) is 17.3. The molecule has 10 heteroatoms. The molecule has 0 spiro atoms. The molecule has 1 amide bonds. The number of aliphatic hydroxyl groups excluding tert-OH is 1. The summed E-state index contributed by atoms with van der Waals surface area (Å²) in [6, 6.07) is -0.313. The van der Waals surface area contributed by atoms with E-state index in [1.807, 2.05) is 32.3 Å². The number of amides is 1. The lowest BCUT2D eigenvalue weighted by Crippen LogP contribution is -2.38. The summed E-state index contributed by atoms with van der Waals surface area (Å²) in [7, 11) is 0. The number of carbonyl (C=O) groups excluding carboxylic acids is 1. The topological polar surface area (TPSA) is 120 Å². The second kappa shape index (κ2) is 7.50. The lowest BCUT2D eigenvalue weighted by molar-refractivity contribution is 0.0513. The third kappa shape index (κ3) is 3.60. The van der Waals surface area contributed by atoms with Gasteiger partial charge in [0.25, 0.3) is 0 Å². The second-order valence-electron chi connectivity index (χ2n) is 8.18. The highest BCUT2D eigenvalue weighted by Gasteiger charge is 2.37. The van der Waals surface area contributed by atoms with Gasteiger partial charge in [-0.25, -0.2) is 14.5 Å². The van der Waals surface area contributed by atoms with Crippen LogP contribution in [0.15, 0.2) is 0 Å². The Morgan fingerprint density at radius 3 is 2.68 bits per heavy atom. The number of tetrazole rings is 1. The monoisotopic (exact) mass is 391 g/mol. The number of nitrogens with zero attached hydrogens (tertiary/aromatic N) is 6. The van der Waals surface area contributed by atoms with E-state index in [9.17, 15) is 9.90 Å². The first-order valence-corrected chi connectivity index (χ1v) is 9.64. The molecule has 28 heavy (non-hydrogen) atoms. The number of aliphatic hydroxyl groups is 1. The second-order valence-corrected chi connectivity index (χ2v) is 8.18. The quantitative estimate of drug-likeness (QED) is 0.798. The molecule has 3 heterocycles. The summed E-state index contributed by atoms with van der Waals surface area (Å²) in [6.07, 6.45) is 0.168. The van der Waals surface area contributed by atoms with Gasteiger partial charge in [0.05, 0.1) is 24.4 Å². The van der Waals surface area contributed by atoms with E-state index in [0.717, 1.165) is 17.2 Å². The Balaban J connectivity index is 1.94. The molecule has 1 aliphatic rings. The average molecular weight is 391 g/mol. The molecule has 10 nitrogen and oxygen atoms in total. The van der Waals surface area contributed by atoms with Crippen molar-refractivity contribution in [2.75, 3.05) is 13.2 Å². The van der Waals surface area contributed by atoms with Crippen molar-refractivity contribution in [2.45, 2.75) is 71.6 Å². The molecular formula is C18H29N7O3. The summed E-state index contributed by atoms with van der Waals surface area (Å²) < 4.78 is 9.13. The zero-order chi connectivity index (χ0) is 20.6. The number of rotatable bonds is 5. The van der Waals surface area contributed by atoms with Crippen LogP contribution in [0.25, 0.3) is 11.5 Å². The van der Waals surface area contributed by atoms with Crippen molar-refractivity contribution < 1.29 is 14.6 Å². The van der Waals surface area contributed by atoms with Crippen LogP contribution in [-0.2, 0) is 11.2 Å². The van der Waals surface area contributed by atoms with Crippen molar-refractivity contribution in [3.05, 3.63) is 11.5 Å². The Morgan fingerprint density at radius 1 is 1.36 bits per heavy atom. The van der Waals surface area contributed by atoms with E-state index in [4.69, 9.17) is 9.72 Å². The van der Waals surface area contributed by atoms with Gasteiger partial charge in [-0.15, -0.1) is 5.10 Å². The van der Waals surface area contributed by atoms with Gasteiger partial charge in [0.15, 0.2) is 0 Å². The summed E-state index contributed by atoms with van der Waals surface area (Å²) in [5.74, 6) is 1.55. The Kier molecular flexibility index (Phi) is 5.42. The number of fused-ring (bicyclic) bond motifs is 3. The van der Waals surface area contributed by atoms with E-state index >= 15 is 0 Å². The zero-order valence-electron chi connectivity index (χ0n) is 17.3. The van der Waals surface area contributed by atoms with Crippen molar-refractivity contribution in [3.63, 3.8) is 0 Å². The Labute approximate surface area is 164 Å². The molecule has 2 N–H and O–H groups in total. The van der Waals surface area contributed by atoms with Gasteiger partial charge in [-0.2, -0.15) is 0 Å². The normalized spacial score (nSPS) is 19.7. The lowest BCUT2D eigenvalue weighted by atomic mass is 9.94. The molecule has 3 atom stereocenters. The molecule has 2 unspecified atom stereocenters. The molecule has 2 aromatic heterocycles. The Hall–Kier alpha value is -2.49. The average Bonchev–Trinajstić information content (AvgIpc) is 3.23. The smallest absolute Gasteiger partial charge is 0.407 e. The molecule has 3 rings (SSSR count). The fourth-order valence-electron chi connectivity index (χ4n) is 3.57. The van der Waals surface area contributed by atoms with Crippen LogP contribution >= 0.6 is 0 Å². The maximum atomic E-state index is 12.1. The van der Waals surface area contributed by atoms with Gasteiger partial charge in [0.1, 0.15) is 17.1 Å². The van der Waals surface area contributed by atoms with Crippen LogP contribution in [0.2, 0.25) is 0 Å². The summed E-state index contributed by atoms with van der Waals surface area (Å²) >= 11 is 0. The fraction of sp³-hybridized carbons (Fsp3) is 0.722. The maximum Gasteiger partial charge on any atom is 0.407 e. The van der Waals surface area contributed by atoms with Crippen molar-refractivity contribution >= 4 is 6.09 Å². The molecule has 154 valence electrons. The third-order valence-corrected chi connectivity index (χ3v) is 5.04. The molecule has 1 aliphatic heterocycles. The van der Waals surface area contributed by atoms with Crippen molar-refractivity contribution in [2.24, 2.45) is 0 Å². The minimum atomic E-state index is -0.581. The number of aryl methyl sites for hydroxylation is 1. The molecule has 0 bridgehead atoms. The highest BCUT2D eigenvalue weighted by Crippen LogP contribution is 2.41. The van der Waals surface area contributed by atoms with Gasteiger partial charge < -0.3 is 19.7 Å². The number of alkyl carbamates (subject to hydrolysis) is 1. The summed E-state index contributed by atoms with van der Waals surface area (Å²) in [5.41, 5.74) is 1.14. The number of hydrogen-bond acceptors (Lipinski definition) is 7. The minimum absolute atomic E-state index is 0.0517. The molecule has 0 aromatic carbocycles. The molecular weight excluding hydrogens is 362 g/mol. The van der Waals surface area contributed by atoms with Crippen LogP contribution in [0.4, 0.5) is 4.79 Å². The standard InChI is InChI=1S/C18H29N7O3/c1-7-13-20-14-15(10(2)11(3)25-16(14)21-22-23-25)24(13)12(9-26)8-19-17(27)28-18(4,5)6/h10-12,26H,7-9H2,1-6H3,(H,19,27)/t10?,11?,12-/m0/s1. The van der Waals surface area contributed by atoms with Crippen LogP contribution in [0, 0.1) is 0 Å². The number of carbonyl (C=O) groups is 1. The maximum absolute atomic E-state index is 12.1. The van der Waals surface area contributed by atoms with Crippen molar-refractivity contribution in [1.82, 2.24) is 35.1 Å². The lowest BCUT2D eigenvalue weighted by Gasteiger charge is -2.30. The SMILES string of the molecule is CCc1nc2c(n1[C@H](CO)CNC(=O)OC(C)(C)C)C(C)C(C)n1nnnc1-2. The van der Waals surface area contributed by atoms with Crippen molar-refractivity contribution in [1.29, 1.82) is 0 Å². The molecule has 0 saturated carbocycles. The largest absolute Gasteiger partial charge is 0.444 e. The molecule has 0 fully saturated rings. The van der Waals surface area contributed by atoms with Gasteiger partial charge in [0.2, 0.25) is 5.82 Å². The van der Waals surface area contributed by atoms with Crippen LogP contribution in [0.1, 0.15) is 71.1 Å². The Morgan fingerprint density at radius 2 is 2.07 bits per heavy atom. The van der Waals surface area contributed by atoms with Gasteiger partial charge in [-0.1, -0.05) is 13.8 Å². The van der Waals surface area contributed by atoms with E-state index in [2.05, 4.69) is 34.7 Å². The van der Waals surface area contributed by atoms with E-state index in [1.165, 1.54) is 0 Å². The van der Waals surface area contributed by atoms with Crippen molar-refractivity contribution in [3.8, 4) is 11.5 Å². The number of hydrogen-bond donors (Lipinski definition) is 2. The Bertz CT molecular complexity index is 852. The van der Waals surface area contributed by atoms with Gasteiger partial charge in [-0.3, -0.25) is 0 Å². The van der Waals surface area contributed by atoms with Gasteiger partial charge in [0, 0.05) is 18.9 Å². The van der Waals surface area contributed by atoms with E-state index in [0.29, 0.717) is 12.2 Å². The number of ether oxygens (including phenoxy) is 1. The number of aromatic nitrogens is 6.